The number of hydrogen-bond acceptors (Lipinski definition) is 1. The molecule has 1 atom stereocenters. The van der Waals surface area contributed by atoms with Crippen LogP contribution in [0.2, 0.25) is 0 Å². The topological polar surface area (TPSA) is 17.1 Å². The average Bonchev–Trinajstić information content (AvgIpc) is 2.68. The Labute approximate surface area is 187 Å². The summed E-state index contributed by atoms with van der Waals surface area (Å²) in [6, 6.07) is 15.4. The molecule has 3 rings (SSSR count). The van der Waals surface area contributed by atoms with E-state index in [1.165, 1.54) is 47.1 Å². The number of nitrogens with zero attached hydrogens (tertiary/aromatic N) is 1. The SMILES string of the molecule is CCC(C(=O)Cc1c(C)cccc1C)[N+]1(Cc2ccc(C)cc2)CCCCC1.[Br-]. The van der Waals surface area contributed by atoms with Gasteiger partial charge in [-0.3, -0.25) is 4.79 Å². The molecule has 0 aromatic heterocycles. The smallest absolute Gasteiger partial charge is 0.194 e. The Kier molecular flexibility index (Phi) is 8.66. The lowest BCUT2D eigenvalue weighted by molar-refractivity contribution is -0.959. The maximum absolute atomic E-state index is 13.6. The maximum atomic E-state index is 13.6. The molecule has 1 heterocycles. The number of benzene rings is 2. The zero-order chi connectivity index (χ0) is 20.1. The fourth-order valence-corrected chi connectivity index (χ4v) is 5.12. The number of carbonyl (C=O) groups excluding carboxylic acids is 1. The molecule has 2 nitrogen and oxygen atoms in total. The first kappa shape index (κ1) is 23.8. The standard InChI is InChI=1S/C26H36NO.BrH/c1-5-25(26(28)18-24-21(3)10-9-11-22(24)4)27(16-7-6-8-17-27)19-23-14-12-20(2)13-15-23;/h9-15,25H,5-8,16-19H2,1-4H3;1H/q+1;/p-1. The third kappa shape index (κ3) is 5.58. The van der Waals surface area contributed by atoms with E-state index in [2.05, 4.69) is 70.2 Å². The summed E-state index contributed by atoms with van der Waals surface area (Å²) in [4.78, 5) is 13.6. The van der Waals surface area contributed by atoms with Crippen LogP contribution in [0.4, 0.5) is 0 Å². The lowest BCUT2D eigenvalue weighted by atomic mass is 9.91. The van der Waals surface area contributed by atoms with Crippen LogP contribution in [-0.2, 0) is 17.8 Å². The number of piperidine rings is 1. The van der Waals surface area contributed by atoms with E-state index in [0.717, 1.165) is 30.5 Å². The van der Waals surface area contributed by atoms with E-state index in [1.54, 1.807) is 0 Å². The largest absolute Gasteiger partial charge is 1.00 e. The highest BCUT2D eigenvalue weighted by molar-refractivity contribution is 5.85. The lowest BCUT2D eigenvalue weighted by Gasteiger charge is -2.46. The number of carbonyl (C=O) groups is 1. The van der Waals surface area contributed by atoms with E-state index in [-0.39, 0.29) is 23.0 Å². The van der Waals surface area contributed by atoms with Crippen molar-refractivity contribution >= 4 is 5.78 Å². The molecule has 0 radical (unpaired) electrons. The van der Waals surface area contributed by atoms with Gasteiger partial charge in [0.2, 0.25) is 0 Å². The second-order valence-electron chi connectivity index (χ2n) is 8.81. The Morgan fingerprint density at radius 2 is 1.52 bits per heavy atom. The second-order valence-corrected chi connectivity index (χ2v) is 8.81. The van der Waals surface area contributed by atoms with Gasteiger partial charge in [0.25, 0.3) is 0 Å². The predicted molar refractivity (Wildman–Crippen MR) is 117 cm³/mol. The highest BCUT2D eigenvalue weighted by Gasteiger charge is 2.41. The first-order chi connectivity index (χ1) is 13.4. The van der Waals surface area contributed by atoms with Gasteiger partial charge in [0.05, 0.1) is 13.1 Å². The molecule has 0 saturated carbocycles. The summed E-state index contributed by atoms with van der Waals surface area (Å²) in [6.45, 7) is 11.9. The molecule has 0 N–H and O–H groups in total. The highest BCUT2D eigenvalue weighted by Crippen LogP contribution is 2.30. The van der Waals surface area contributed by atoms with Gasteiger partial charge in [0.15, 0.2) is 5.78 Å². The van der Waals surface area contributed by atoms with Crippen molar-refractivity contribution in [1.29, 1.82) is 0 Å². The van der Waals surface area contributed by atoms with Crippen molar-refractivity contribution in [3.8, 4) is 0 Å². The number of halogens is 1. The van der Waals surface area contributed by atoms with E-state index in [1.807, 2.05) is 0 Å². The summed E-state index contributed by atoms with van der Waals surface area (Å²) in [5.41, 5.74) is 6.38. The minimum Gasteiger partial charge on any atom is -1.00 e. The van der Waals surface area contributed by atoms with Crippen LogP contribution in [-0.4, -0.2) is 29.4 Å². The summed E-state index contributed by atoms with van der Waals surface area (Å²) in [7, 11) is 0. The summed E-state index contributed by atoms with van der Waals surface area (Å²) in [5.74, 6) is 0.425. The summed E-state index contributed by atoms with van der Waals surface area (Å²) < 4.78 is 0.948. The zero-order valence-corrected chi connectivity index (χ0v) is 20.1. The number of aryl methyl sites for hydroxylation is 3. The third-order valence-electron chi connectivity index (χ3n) is 6.74. The van der Waals surface area contributed by atoms with Gasteiger partial charge < -0.3 is 21.5 Å². The average molecular weight is 458 g/mol. The van der Waals surface area contributed by atoms with Crippen molar-refractivity contribution < 1.29 is 26.3 Å². The molecular weight excluding hydrogens is 422 g/mol. The van der Waals surface area contributed by atoms with Crippen molar-refractivity contribution in [2.45, 2.75) is 72.4 Å². The molecule has 0 spiro atoms. The monoisotopic (exact) mass is 457 g/mol. The molecule has 1 saturated heterocycles. The van der Waals surface area contributed by atoms with Gasteiger partial charge in [-0.1, -0.05) is 55.0 Å². The molecule has 2 aromatic carbocycles. The van der Waals surface area contributed by atoms with E-state index in [9.17, 15) is 4.79 Å². The maximum Gasteiger partial charge on any atom is 0.194 e. The zero-order valence-electron chi connectivity index (χ0n) is 18.5. The van der Waals surface area contributed by atoms with Crippen LogP contribution in [0.1, 0.15) is 60.4 Å². The van der Waals surface area contributed by atoms with Crippen LogP contribution in [0, 0.1) is 20.8 Å². The Morgan fingerprint density at radius 3 is 2.07 bits per heavy atom. The molecule has 1 aliphatic rings. The quantitative estimate of drug-likeness (QED) is 0.584. The Balaban J connectivity index is 0.00000300. The summed E-state index contributed by atoms with van der Waals surface area (Å²) >= 11 is 0. The molecule has 0 amide bonds. The lowest BCUT2D eigenvalue weighted by Crippen LogP contribution is -3.00. The molecule has 1 fully saturated rings. The molecule has 0 aliphatic carbocycles. The molecule has 158 valence electrons. The predicted octanol–water partition coefficient (Wildman–Crippen LogP) is 2.71. The van der Waals surface area contributed by atoms with Gasteiger partial charge in [-0.2, -0.15) is 0 Å². The van der Waals surface area contributed by atoms with Gasteiger partial charge in [-0.05, 0) is 56.7 Å². The number of quaternary nitrogens is 1. The summed E-state index contributed by atoms with van der Waals surface area (Å²) in [5, 5.41) is 0. The van der Waals surface area contributed by atoms with E-state index >= 15 is 0 Å². The van der Waals surface area contributed by atoms with Crippen molar-refractivity contribution in [2.24, 2.45) is 0 Å². The number of ketones is 1. The van der Waals surface area contributed by atoms with Crippen LogP contribution in [0.5, 0.6) is 0 Å². The fraction of sp³-hybridized carbons (Fsp3) is 0.500. The summed E-state index contributed by atoms with van der Waals surface area (Å²) in [6.07, 6.45) is 5.27. The third-order valence-corrected chi connectivity index (χ3v) is 6.74. The molecule has 29 heavy (non-hydrogen) atoms. The minimum absolute atomic E-state index is 0. The number of likely N-dealkylation sites (tertiary alicyclic amines) is 1. The van der Waals surface area contributed by atoms with Crippen LogP contribution >= 0.6 is 0 Å². The Hall–Kier alpha value is -1.45. The first-order valence-corrected chi connectivity index (χ1v) is 10.9. The molecule has 3 heteroatoms. The van der Waals surface area contributed by atoms with E-state index < -0.39 is 0 Å². The van der Waals surface area contributed by atoms with Gasteiger partial charge >= 0.3 is 0 Å². The van der Waals surface area contributed by atoms with Gasteiger partial charge in [0.1, 0.15) is 12.6 Å². The van der Waals surface area contributed by atoms with Crippen molar-refractivity contribution in [3.63, 3.8) is 0 Å². The molecule has 1 unspecified atom stereocenters. The van der Waals surface area contributed by atoms with E-state index in [0.29, 0.717) is 12.2 Å². The minimum atomic E-state index is 0. The molecular formula is C26H36BrNO. The molecule has 0 bridgehead atoms. The first-order valence-electron chi connectivity index (χ1n) is 10.9. The number of Topliss-reactive ketones (excluding diaryl/α,β-unsaturated/α-hetero) is 1. The molecule has 2 aromatic rings. The van der Waals surface area contributed by atoms with Crippen LogP contribution in [0.3, 0.4) is 0 Å². The highest BCUT2D eigenvalue weighted by atomic mass is 79.9. The second kappa shape index (κ2) is 10.5. The van der Waals surface area contributed by atoms with Crippen LogP contribution in [0.15, 0.2) is 42.5 Å². The van der Waals surface area contributed by atoms with Crippen molar-refractivity contribution in [1.82, 2.24) is 0 Å². The number of hydrogen-bond donors (Lipinski definition) is 0. The Bertz CT molecular complexity index is 786. The normalized spacial score (nSPS) is 16.7. The van der Waals surface area contributed by atoms with Crippen LogP contribution < -0.4 is 17.0 Å². The van der Waals surface area contributed by atoms with Gasteiger partial charge in [-0.15, -0.1) is 0 Å². The van der Waals surface area contributed by atoms with Gasteiger partial charge in [0, 0.05) is 18.4 Å². The van der Waals surface area contributed by atoms with Crippen molar-refractivity contribution in [2.75, 3.05) is 13.1 Å². The molecule has 1 aliphatic heterocycles. The Morgan fingerprint density at radius 1 is 0.931 bits per heavy atom. The van der Waals surface area contributed by atoms with Crippen molar-refractivity contribution in [3.05, 3.63) is 70.3 Å². The fourth-order valence-electron chi connectivity index (χ4n) is 5.12. The van der Waals surface area contributed by atoms with Crippen LogP contribution in [0.25, 0.3) is 0 Å². The number of rotatable bonds is 7. The van der Waals surface area contributed by atoms with E-state index in [4.69, 9.17) is 0 Å². The van der Waals surface area contributed by atoms with Gasteiger partial charge in [-0.25, -0.2) is 0 Å².